The average Bonchev–Trinajstić information content (AvgIpc) is 3.29. The highest BCUT2D eigenvalue weighted by Crippen LogP contribution is 2.26. The zero-order chi connectivity index (χ0) is 21.0. The number of carbonyl (C=O) groups excluding carboxylic acids is 1. The van der Waals surface area contributed by atoms with E-state index in [1.54, 1.807) is 6.20 Å². The van der Waals surface area contributed by atoms with Crippen molar-refractivity contribution in [2.24, 2.45) is 0 Å². The van der Waals surface area contributed by atoms with E-state index >= 15 is 0 Å². The highest BCUT2D eigenvalue weighted by atomic mass is 16.6. The molecule has 2 aromatic heterocycles. The lowest BCUT2D eigenvalue weighted by Crippen LogP contribution is -2.36. The van der Waals surface area contributed by atoms with E-state index in [0.717, 1.165) is 42.8 Å². The van der Waals surface area contributed by atoms with Crippen molar-refractivity contribution in [1.29, 1.82) is 0 Å². The third-order valence-electron chi connectivity index (χ3n) is 5.16. The van der Waals surface area contributed by atoms with Crippen LogP contribution >= 0.6 is 0 Å². The molecule has 0 aliphatic heterocycles. The summed E-state index contributed by atoms with van der Waals surface area (Å²) >= 11 is 0. The lowest BCUT2D eigenvalue weighted by atomic mass is 10.1. The SMILES string of the molecule is C/C=C(\CC)c1cc(N[C@H]2CC[C@H](NCC(=O)OC(C)(C)C)C2)n2nccc2n1. The number of ether oxygens (including phenoxy) is 1. The minimum Gasteiger partial charge on any atom is -0.459 e. The minimum absolute atomic E-state index is 0.204. The van der Waals surface area contributed by atoms with Crippen LogP contribution in [0.2, 0.25) is 0 Å². The minimum atomic E-state index is -0.447. The van der Waals surface area contributed by atoms with Gasteiger partial charge in [-0.25, -0.2) is 4.98 Å². The van der Waals surface area contributed by atoms with Gasteiger partial charge in [-0.1, -0.05) is 13.0 Å². The predicted octanol–water partition coefficient (Wildman–Crippen LogP) is 3.81. The molecule has 1 aliphatic carbocycles. The third-order valence-corrected chi connectivity index (χ3v) is 5.16. The number of nitrogens with zero attached hydrogens (tertiary/aromatic N) is 3. The molecule has 1 fully saturated rings. The van der Waals surface area contributed by atoms with Crippen LogP contribution in [0.15, 0.2) is 24.4 Å². The topological polar surface area (TPSA) is 80.5 Å². The second-order valence-electron chi connectivity index (χ2n) is 8.61. The lowest BCUT2D eigenvalue weighted by Gasteiger charge is -2.21. The maximum Gasteiger partial charge on any atom is 0.320 e. The number of rotatable bonds is 7. The van der Waals surface area contributed by atoms with Gasteiger partial charge in [-0.3, -0.25) is 4.79 Å². The number of carbonyl (C=O) groups is 1. The molecular weight excluding hydrogens is 366 g/mol. The quantitative estimate of drug-likeness (QED) is 0.689. The van der Waals surface area contributed by atoms with E-state index in [9.17, 15) is 4.79 Å². The third kappa shape index (κ3) is 5.56. The van der Waals surface area contributed by atoms with Crippen LogP contribution in [0.4, 0.5) is 5.82 Å². The van der Waals surface area contributed by atoms with Crippen LogP contribution in [-0.2, 0) is 9.53 Å². The largest absolute Gasteiger partial charge is 0.459 e. The summed E-state index contributed by atoms with van der Waals surface area (Å²) < 4.78 is 7.23. The van der Waals surface area contributed by atoms with Crippen molar-refractivity contribution in [2.75, 3.05) is 11.9 Å². The Morgan fingerprint density at radius 3 is 2.79 bits per heavy atom. The number of nitrogens with one attached hydrogen (secondary N) is 2. The van der Waals surface area contributed by atoms with Gasteiger partial charge in [0.1, 0.15) is 11.4 Å². The van der Waals surface area contributed by atoms with Crippen LogP contribution in [0.1, 0.15) is 66.0 Å². The number of aromatic nitrogens is 3. The maximum absolute atomic E-state index is 11.9. The van der Waals surface area contributed by atoms with Crippen LogP contribution in [0.25, 0.3) is 11.2 Å². The van der Waals surface area contributed by atoms with Gasteiger partial charge in [0, 0.05) is 24.2 Å². The summed E-state index contributed by atoms with van der Waals surface area (Å²) in [5, 5.41) is 11.4. The van der Waals surface area contributed by atoms with E-state index in [0.29, 0.717) is 12.1 Å². The maximum atomic E-state index is 11.9. The first-order valence-electron chi connectivity index (χ1n) is 10.5. The fourth-order valence-corrected chi connectivity index (χ4v) is 3.83. The number of anilines is 1. The standard InChI is InChI=1S/C22H33N5O2/c1-6-15(7-2)18-13-20(27-19(26-18)10-11-24-27)25-17-9-8-16(12-17)23-14-21(28)29-22(3,4)5/h6,10-11,13,16-17,23,25H,7-9,12,14H2,1-5H3/b15-6+/t16-,17-/m0/s1. The van der Waals surface area contributed by atoms with Crippen molar-refractivity contribution in [3.63, 3.8) is 0 Å². The molecule has 2 heterocycles. The van der Waals surface area contributed by atoms with Gasteiger partial charge in [0.05, 0.1) is 18.4 Å². The van der Waals surface area contributed by atoms with E-state index in [-0.39, 0.29) is 12.5 Å². The Morgan fingerprint density at radius 1 is 1.34 bits per heavy atom. The number of hydrogen-bond donors (Lipinski definition) is 2. The second kappa shape index (κ2) is 8.95. The molecule has 0 amide bonds. The van der Waals surface area contributed by atoms with Crippen LogP contribution in [0.5, 0.6) is 0 Å². The van der Waals surface area contributed by atoms with Gasteiger partial charge in [0.2, 0.25) is 0 Å². The fourth-order valence-electron chi connectivity index (χ4n) is 3.83. The Morgan fingerprint density at radius 2 is 2.10 bits per heavy atom. The number of hydrogen-bond acceptors (Lipinski definition) is 6. The summed E-state index contributed by atoms with van der Waals surface area (Å²) in [6.07, 6.45) is 7.84. The van der Waals surface area contributed by atoms with Gasteiger partial charge in [-0.2, -0.15) is 9.61 Å². The first-order chi connectivity index (χ1) is 13.8. The molecule has 1 saturated carbocycles. The Labute approximate surface area is 172 Å². The molecule has 3 rings (SSSR count). The van der Waals surface area contributed by atoms with Gasteiger partial charge in [-0.15, -0.1) is 0 Å². The van der Waals surface area contributed by atoms with Crippen molar-refractivity contribution in [1.82, 2.24) is 19.9 Å². The van der Waals surface area contributed by atoms with E-state index in [1.807, 2.05) is 38.3 Å². The number of fused-ring (bicyclic) bond motifs is 1. The van der Waals surface area contributed by atoms with Crippen molar-refractivity contribution >= 4 is 23.0 Å². The molecule has 158 valence electrons. The molecule has 2 N–H and O–H groups in total. The van der Waals surface area contributed by atoms with Crippen molar-refractivity contribution in [3.05, 3.63) is 30.1 Å². The van der Waals surface area contributed by atoms with Crippen LogP contribution < -0.4 is 10.6 Å². The highest BCUT2D eigenvalue weighted by molar-refractivity contribution is 5.72. The summed E-state index contributed by atoms with van der Waals surface area (Å²) in [5.74, 6) is 0.755. The van der Waals surface area contributed by atoms with Gasteiger partial charge in [-0.05, 0) is 59.0 Å². The smallest absolute Gasteiger partial charge is 0.320 e. The zero-order valence-electron chi connectivity index (χ0n) is 18.2. The van der Waals surface area contributed by atoms with Gasteiger partial charge < -0.3 is 15.4 Å². The molecule has 0 spiro atoms. The molecule has 1 aliphatic rings. The van der Waals surface area contributed by atoms with Gasteiger partial charge in [0.15, 0.2) is 5.65 Å². The summed E-state index contributed by atoms with van der Waals surface area (Å²) in [7, 11) is 0. The van der Waals surface area contributed by atoms with Crippen molar-refractivity contribution in [3.8, 4) is 0 Å². The Kier molecular flexibility index (Phi) is 6.57. The Bertz CT molecular complexity index is 881. The summed E-state index contributed by atoms with van der Waals surface area (Å²) in [6, 6.07) is 4.64. The van der Waals surface area contributed by atoms with Gasteiger partial charge >= 0.3 is 5.97 Å². The monoisotopic (exact) mass is 399 g/mol. The second-order valence-corrected chi connectivity index (χ2v) is 8.61. The summed E-state index contributed by atoms with van der Waals surface area (Å²) in [5.41, 5.74) is 2.61. The summed E-state index contributed by atoms with van der Waals surface area (Å²) in [6.45, 7) is 10.1. The molecule has 2 atom stereocenters. The Balaban J connectivity index is 1.63. The van der Waals surface area contributed by atoms with E-state index in [1.165, 1.54) is 5.57 Å². The molecule has 0 saturated heterocycles. The zero-order valence-corrected chi connectivity index (χ0v) is 18.2. The number of allylic oxidation sites excluding steroid dienone is 2. The molecule has 0 aromatic carbocycles. The van der Waals surface area contributed by atoms with E-state index < -0.39 is 5.60 Å². The van der Waals surface area contributed by atoms with Crippen LogP contribution in [0, 0.1) is 0 Å². The molecule has 0 bridgehead atoms. The lowest BCUT2D eigenvalue weighted by molar-refractivity contribution is -0.153. The number of esters is 1. The highest BCUT2D eigenvalue weighted by Gasteiger charge is 2.26. The first-order valence-corrected chi connectivity index (χ1v) is 10.5. The molecule has 2 aromatic rings. The van der Waals surface area contributed by atoms with Crippen molar-refractivity contribution < 1.29 is 9.53 Å². The van der Waals surface area contributed by atoms with Crippen molar-refractivity contribution in [2.45, 2.75) is 78.0 Å². The molecule has 7 nitrogen and oxygen atoms in total. The molecular formula is C22H33N5O2. The molecule has 29 heavy (non-hydrogen) atoms. The molecule has 0 unspecified atom stereocenters. The van der Waals surface area contributed by atoms with Gasteiger partial charge in [0.25, 0.3) is 0 Å². The fraction of sp³-hybridized carbons (Fsp3) is 0.591. The molecule has 0 radical (unpaired) electrons. The predicted molar refractivity (Wildman–Crippen MR) is 116 cm³/mol. The summed E-state index contributed by atoms with van der Waals surface area (Å²) in [4.78, 5) is 16.7. The van der Waals surface area contributed by atoms with Crippen LogP contribution in [-0.4, -0.2) is 44.8 Å². The van der Waals surface area contributed by atoms with Crippen LogP contribution in [0.3, 0.4) is 0 Å². The normalized spacial score (nSPS) is 20.2. The molecule has 7 heteroatoms. The first kappa shape index (κ1) is 21.3. The van der Waals surface area contributed by atoms with E-state index in [2.05, 4.69) is 34.8 Å². The average molecular weight is 400 g/mol. The Hall–Kier alpha value is -2.41. The van der Waals surface area contributed by atoms with E-state index in [4.69, 9.17) is 9.72 Å².